The van der Waals surface area contributed by atoms with Crippen LogP contribution in [-0.4, -0.2) is 12.9 Å². The van der Waals surface area contributed by atoms with Crippen molar-refractivity contribution in [1.29, 1.82) is 0 Å². The van der Waals surface area contributed by atoms with Crippen LogP contribution in [0.25, 0.3) is 6.08 Å². The average Bonchev–Trinajstić information content (AvgIpc) is 2.84. The summed E-state index contributed by atoms with van der Waals surface area (Å²) in [6.45, 7) is 0. The number of ether oxygens (including phenoxy) is 2. The Morgan fingerprint density at radius 1 is 1.10 bits per heavy atom. The van der Waals surface area contributed by atoms with Crippen molar-refractivity contribution in [2.75, 3.05) is 7.11 Å². The number of fused-ring (bicyclic) bond motifs is 1. The summed E-state index contributed by atoms with van der Waals surface area (Å²) in [5.74, 6) is 1.43. The van der Waals surface area contributed by atoms with Gasteiger partial charge in [0.1, 0.15) is 11.5 Å². The van der Waals surface area contributed by atoms with Crippen molar-refractivity contribution in [3.63, 3.8) is 0 Å². The SMILES string of the molecule is COc1ccc2c(c1)OC(=CC=Cc1ccccc1)C2=O. The molecule has 0 N–H and O–H groups in total. The van der Waals surface area contributed by atoms with Gasteiger partial charge in [-0.3, -0.25) is 4.79 Å². The van der Waals surface area contributed by atoms with E-state index in [2.05, 4.69) is 0 Å². The van der Waals surface area contributed by atoms with Crippen molar-refractivity contribution in [3.05, 3.63) is 77.6 Å². The first kappa shape index (κ1) is 13.2. The van der Waals surface area contributed by atoms with Crippen LogP contribution in [0.4, 0.5) is 0 Å². The molecule has 1 aliphatic rings. The Balaban J connectivity index is 1.81. The predicted octanol–water partition coefficient (Wildman–Crippen LogP) is 3.87. The van der Waals surface area contributed by atoms with E-state index in [1.54, 1.807) is 31.4 Å². The van der Waals surface area contributed by atoms with Crippen LogP contribution in [0.3, 0.4) is 0 Å². The van der Waals surface area contributed by atoms with E-state index in [1.165, 1.54) is 0 Å². The quantitative estimate of drug-likeness (QED) is 0.800. The van der Waals surface area contributed by atoms with Crippen LogP contribution in [-0.2, 0) is 0 Å². The Morgan fingerprint density at radius 3 is 2.67 bits per heavy atom. The maximum Gasteiger partial charge on any atom is 0.231 e. The van der Waals surface area contributed by atoms with Crippen molar-refractivity contribution in [2.45, 2.75) is 0 Å². The van der Waals surface area contributed by atoms with E-state index in [-0.39, 0.29) is 5.78 Å². The Kier molecular flexibility index (Phi) is 3.56. The molecule has 0 atom stereocenters. The molecule has 0 radical (unpaired) electrons. The van der Waals surface area contributed by atoms with Crippen LogP contribution in [0.1, 0.15) is 15.9 Å². The highest BCUT2D eigenvalue weighted by atomic mass is 16.5. The number of allylic oxidation sites excluding steroid dienone is 3. The lowest BCUT2D eigenvalue weighted by atomic mass is 10.1. The Labute approximate surface area is 123 Å². The minimum Gasteiger partial charge on any atom is -0.497 e. The number of ketones is 1. The zero-order valence-electron chi connectivity index (χ0n) is 11.6. The van der Waals surface area contributed by atoms with Crippen LogP contribution >= 0.6 is 0 Å². The molecule has 0 aliphatic carbocycles. The lowest BCUT2D eigenvalue weighted by Crippen LogP contribution is -1.97. The van der Waals surface area contributed by atoms with Crippen LogP contribution in [0, 0.1) is 0 Å². The fourth-order valence-electron chi connectivity index (χ4n) is 2.12. The van der Waals surface area contributed by atoms with Crippen molar-refractivity contribution in [1.82, 2.24) is 0 Å². The van der Waals surface area contributed by atoms with Gasteiger partial charge < -0.3 is 9.47 Å². The second kappa shape index (κ2) is 5.67. The van der Waals surface area contributed by atoms with E-state index in [0.717, 1.165) is 5.56 Å². The molecule has 0 unspecified atom stereocenters. The van der Waals surface area contributed by atoms with E-state index >= 15 is 0 Å². The van der Waals surface area contributed by atoms with Gasteiger partial charge in [-0.25, -0.2) is 0 Å². The van der Waals surface area contributed by atoms with E-state index in [0.29, 0.717) is 22.8 Å². The van der Waals surface area contributed by atoms with Gasteiger partial charge in [0.2, 0.25) is 5.78 Å². The largest absolute Gasteiger partial charge is 0.497 e. The van der Waals surface area contributed by atoms with E-state index in [4.69, 9.17) is 9.47 Å². The molecule has 0 aromatic heterocycles. The minimum atomic E-state index is -0.106. The van der Waals surface area contributed by atoms with Gasteiger partial charge in [-0.15, -0.1) is 0 Å². The Hall–Kier alpha value is -2.81. The zero-order valence-corrected chi connectivity index (χ0v) is 11.6. The first-order chi connectivity index (χ1) is 10.3. The summed E-state index contributed by atoms with van der Waals surface area (Å²) in [4.78, 5) is 12.2. The monoisotopic (exact) mass is 278 g/mol. The molecule has 1 heterocycles. The Morgan fingerprint density at radius 2 is 1.90 bits per heavy atom. The number of benzene rings is 2. The highest BCUT2D eigenvalue weighted by Gasteiger charge is 2.26. The van der Waals surface area contributed by atoms with Crippen LogP contribution in [0.2, 0.25) is 0 Å². The second-order valence-corrected chi connectivity index (χ2v) is 4.59. The fourth-order valence-corrected chi connectivity index (χ4v) is 2.12. The molecular weight excluding hydrogens is 264 g/mol. The fraction of sp³-hybridized carbons (Fsp3) is 0.0556. The van der Waals surface area contributed by atoms with Gasteiger partial charge in [-0.1, -0.05) is 42.5 Å². The van der Waals surface area contributed by atoms with Gasteiger partial charge in [0.25, 0.3) is 0 Å². The number of hydrogen-bond donors (Lipinski definition) is 0. The van der Waals surface area contributed by atoms with E-state index in [1.807, 2.05) is 42.5 Å². The summed E-state index contributed by atoms with van der Waals surface area (Å²) in [7, 11) is 1.58. The minimum absolute atomic E-state index is 0.106. The molecule has 1 aliphatic heterocycles. The summed E-state index contributed by atoms with van der Waals surface area (Å²) in [5, 5.41) is 0. The highest BCUT2D eigenvalue weighted by molar-refractivity contribution is 6.12. The summed E-state index contributed by atoms with van der Waals surface area (Å²) >= 11 is 0. The normalized spacial score (nSPS) is 15.3. The summed E-state index contributed by atoms with van der Waals surface area (Å²) in [6.07, 6.45) is 5.42. The molecule has 21 heavy (non-hydrogen) atoms. The first-order valence-corrected chi connectivity index (χ1v) is 6.62. The molecule has 2 aromatic carbocycles. The van der Waals surface area contributed by atoms with E-state index in [9.17, 15) is 4.79 Å². The van der Waals surface area contributed by atoms with Crippen molar-refractivity contribution >= 4 is 11.9 Å². The second-order valence-electron chi connectivity index (χ2n) is 4.59. The van der Waals surface area contributed by atoms with Crippen molar-refractivity contribution in [2.24, 2.45) is 0 Å². The summed E-state index contributed by atoms with van der Waals surface area (Å²) in [6, 6.07) is 15.1. The first-order valence-electron chi connectivity index (χ1n) is 6.62. The third kappa shape index (κ3) is 2.72. The molecule has 104 valence electrons. The van der Waals surface area contributed by atoms with Gasteiger partial charge in [0.05, 0.1) is 12.7 Å². The van der Waals surface area contributed by atoms with Gasteiger partial charge >= 0.3 is 0 Å². The lowest BCUT2D eigenvalue weighted by Gasteiger charge is -2.01. The van der Waals surface area contributed by atoms with Crippen LogP contribution in [0.5, 0.6) is 11.5 Å². The average molecular weight is 278 g/mol. The summed E-state index contributed by atoms with van der Waals surface area (Å²) in [5.41, 5.74) is 1.63. The highest BCUT2D eigenvalue weighted by Crippen LogP contribution is 2.33. The molecular formula is C18H14O3. The Bertz CT molecular complexity index is 727. The zero-order chi connectivity index (χ0) is 14.7. The molecule has 0 bridgehead atoms. The molecule has 3 heteroatoms. The smallest absolute Gasteiger partial charge is 0.231 e. The molecule has 0 saturated heterocycles. The number of carbonyl (C=O) groups excluding carboxylic acids is 1. The molecule has 0 spiro atoms. The third-order valence-corrected chi connectivity index (χ3v) is 3.21. The molecule has 0 saturated carbocycles. The maximum absolute atomic E-state index is 12.2. The molecule has 0 fully saturated rings. The lowest BCUT2D eigenvalue weighted by molar-refractivity contribution is 0.101. The molecule has 3 rings (SSSR count). The number of methoxy groups -OCH3 is 1. The van der Waals surface area contributed by atoms with Gasteiger partial charge in [0, 0.05) is 6.07 Å². The van der Waals surface area contributed by atoms with E-state index < -0.39 is 0 Å². The molecule has 0 amide bonds. The number of Topliss-reactive ketones (excluding diaryl/α,β-unsaturated/α-hetero) is 1. The van der Waals surface area contributed by atoms with Gasteiger partial charge in [-0.05, 0) is 23.8 Å². The topological polar surface area (TPSA) is 35.5 Å². The molecule has 3 nitrogen and oxygen atoms in total. The number of rotatable bonds is 3. The van der Waals surface area contributed by atoms with Gasteiger partial charge in [-0.2, -0.15) is 0 Å². The van der Waals surface area contributed by atoms with Gasteiger partial charge in [0.15, 0.2) is 5.76 Å². The third-order valence-electron chi connectivity index (χ3n) is 3.21. The van der Waals surface area contributed by atoms with Crippen molar-refractivity contribution < 1.29 is 14.3 Å². The van der Waals surface area contributed by atoms with Crippen LogP contribution < -0.4 is 9.47 Å². The number of hydrogen-bond acceptors (Lipinski definition) is 3. The molecule has 2 aromatic rings. The summed E-state index contributed by atoms with van der Waals surface area (Å²) < 4.78 is 10.7. The predicted molar refractivity (Wildman–Crippen MR) is 81.5 cm³/mol. The van der Waals surface area contributed by atoms with Crippen molar-refractivity contribution in [3.8, 4) is 11.5 Å². The van der Waals surface area contributed by atoms with Crippen LogP contribution in [0.15, 0.2) is 66.4 Å². The standard InChI is InChI=1S/C18H14O3/c1-20-14-10-11-15-17(12-14)21-16(18(15)19)9-5-8-13-6-3-2-4-7-13/h2-12H,1H3. The number of carbonyl (C=O) groups is 1. The maximum atomic E-state index is 12.2.